The van der Waals surface area contributed by atoms with Gasteiger partial charge < -0.3 is 15.4 Å². The zero-order chi connectivity index (χ0) is 16.5. The molecule has 2 heterocycles. The second kappa shape index (κ2) is 6.55. The van der Waals surface area contributed by atoms with E-state index in [1.807, 2.05) is 43.4 Å². The minimum Gasteiger partial charge on any atom is -0.444 e. The third kappa shape index (κ3) is 4.21. The molecule has 1 aromatic rings. The van der Waals surface area contributed by atoms with E-state index in [2.05, 4.69) is 4.98 Å². The maximum atomic E-state index is 14.0. The zero-order valence-electron chi connectivity index (χ0n) is 13.0. The van der Waals surface area contributed by atoms with Crippen molar-refractivity contribution in [2.45, 2.75) is 45.1 Å². The van der Waals surface area contributed by atoms with Crippen LogP contribution in [0.4, 0.5) is 14.9 Å². The van der Waals surface area contributed by atoms with Crippen LogP contribution in [0.2, 0.25) is 0 Å². The van der Waals surface area contributed by atoms with Crippen molar-refractivity contribution in [3.63, 3.8) is 0 Å². The van der Waals surface area contributed by atoms with Crippen molar-refractivity contribution in [3.05, 3.63) is 21.3 Å². The van der Waals surface area contributed by atoms with Crippen LogP contribution in [0.1, 0.15) is 45.2 Å². The maximum Gasteiger partial charge on any atom is 0.410 e. The first-order valence-corrected chi connectivity index (χ1v) is 8.34. The summed E-state index contributed by atoms with van der Waals surface area (Å²) in [6.07, 6.45) is 1.03. The zero-order valence-corrected chi connectivity index (χ0v) is 15.2. The predicted molar refractivity (Wildman–Crippen MR) is 91.1 cm³/mol. The smallest absolute Gasteiger partial charge is 0.410 e. The van der Waals surface area contributed by atoms with Crippen molar-refractivity contribution in [2.75, 3.05) is 18.8 Å². The quantitative estimate of drug-likeness (QED) is 0.557. The van der Waals surface area contributed by atoms with E-state index in [0.29, 0.717) is 41.0 Å². The first kappa shape index (κ1) is 17.2. The SMILES string of the molecule is CC(C)(C)OC(=O)N1CCC(c2nc(I)c(N)cc2F)CC1. The fourth-order valence-corrected chi connectivity index (χ4v) is 2.86. The van der Waals surface area contributed by atoms with Gasteiger partial charge in [-0.1, -0.05) is 0 Å². The molecule has 0 unspecified atom stereocenters. The first-order valence-electron chi connectivity index (χ1n) is 7.26. The Kier molecular flexibility index (Phi) is 5.14. The lowest BCUT2D eigenvalue weighted by molar-refractivity contribution is 0.0203. The van der Waals surface area contributed by atoms with E-state index in [4.69, 9.17) is 10.5 Å². The summed E-state index contributed by atoms with van der Waals surface area (Å²) in [6, 6.07) is 1.32. The fraction of sp³-hybridized carbons (Fsp3) is 0.600. The Bertz CT molecular complexity index is 567. The van der Waals surface area contributed by atoms with Crippen LogP contribution in [0.25, 0.3) is 0 Å². The van der Waals surface area contributed by atoms with Crippen molar-refractivity contribution >= 4 is 34.4 Å². The highest BCUT2D eigenvalue weighted by molar-refractivity contribution is 14.1. The number of pyridine rings is 1. The summed E-state index contributed by atoms with van der Waals surface area (Å²) in [5.74, 6) is -0.360. The van der Waals surface area contributed by atoms with Crippen LogP contribution >= 0.6 is 22.6 Å². The van der Waals surface area contributed by atoms with Gasteiger partial charge in [0.05, 0.1) is 11.4 Å². The molecule has 0 aromatic carbocycles. The van der Waals surface area contributed by atoms with E-state index in [1.165, 1.54) is 6.07 Å². The molecule has 5 nitrogen and oxygen atoms in total. The molecule has 1 aromatic heterocycles. The highest BCUT2D eigenvalue weighted by Gasteiger charge is 2.29. The second-order valence-electron chi connectivity index (χ2n) is 6.48. The molecule has 0 bridgehead atoms. The molecule has 0 aliphatic carbocycles. The lowest BCUT2D eigenvalue weighted by atomic mass is 9.93. The van der Waals surface area contributed by atoms with Gasteiger partial charge in [-0.15, -0.1) is 0 Å². The molecule has 2 rings (SSSR count). The number of likely N-dealkylation sites (tertiary alicyclic amines) is 1. The van der Waals surface area contributed by atoms with Gasteiger partial charge in [-0.05, 0) is 56.2 Å². The minimum absolute atomic E-state index is 0.00722. The lowest BCUT2D eigenvalue weighted by Crippen LogP contribution is -2.41. The molecule has 22 heavy (non-hydrogen) atoms. The van der Waals surface area contributed by atoms with Crippen molar-refractivity contribution < 1.29 is 13.9 Å². The number of carbonyl (C=O) groups is 1. The van der Waals surface area contributed by atoms with E-state index < -0.39 is 5.60 Å². The van der Waals surface area contributed by atoms with Crippen molar-refractivity contribution in [2.24, 2.45) is 0 Å². The van der Waals surface area contributed by atoms with E-state index in [9.17, 15) is 9.18 Å². The molecular formula is C15H21FIN3O2. The largest absolute Gasteiger partial charge is 0.444 e. The van der Waals surface area contributed by atoms with Gasteiger partial charge in [0.1, 0.15) is 15.1 Å². The van der Waals surface area contributed by atoms with E-state index >= 15 is 0 Å². The van der Waals surface area contributed by atoms with E-state index in [-0.39, 0.29) is 17.8 Å². The van der Waals surface area contributed by atoms with Crippen LogP contribution in [0.3, 0.4) is 0 Å². The van der Waals surface area contributed by atoms with Crippen molar-refractivity contribution in [3.8, 4) is 0 Å². The molecule has 0 atom stereocenters. The predicted octanol–water partition coefficient (Wildman–Crippen LogP) is 3.52. The van der Waals surface area contributed by atoms with Gasteiger partial charge in [-0.2, -0.15) is 0 Å². The number of rotatable bonds is 1. The summed E-state index contributed by atoms with van der Waals surface area (Å²) >= 11 is 2.00. The minimum atomic E-state index is -0.505. The number of nitrogens with two attached hydrogens (primary N) is 1. The molecule has 1 amide bonds. The van der Waals surface area contributed by atoms with Crippen LogP contribution < -0.4 is 5.73 Å². The Morgan fingerprint density at radius 3 is 2.59 bits per heavy atom. The average molecular weight is 421 g/mol. The van der Waals surface area contributed by atoms with Crippen LogP contribution in [0.15, 0.2) is 6.07 Å². The molecule has 2 N–H and O–H groups in total. The van der Waals surface area contributed by atoms with E-state index in [0.717, 1.165) is 0 Å². The summed E-state index contributed by atoms with van der Waals surface area (Å²) < 4.78 is 20.0. The number of anilines is 1. The summed E-state index contributed by atoms with van der Waals surface area (Å²) in [5.41, 5.74) is 5.96. The molecule has 1 saturated heterocycles. The summed E-state index contributed by atoms with van der Waals surface area (Å²) in [5, 5.41) is 0. The normalized spacial score (nSPS) is 16.7. The third-order valence-corrected chi connectivity index (χ3v) is 4.38. The van der Waals surface area contributed by atoms with Gasteiger partial charge in [0, 0.05) is 25.1 Å². The Balaban J connectivity index is 2.01. The van der Waals surface area contributed by atoms with Gasteiger partial charge >= 0.3 is 6.09 Å². The number of nitrogen functional groups attached to an aromatic ring is 1. The van der Waals surface area contributed by atoms with Crippen LogP contribution in [-0.4, -0.2) is 34.7 Å². The Hall–Kier alpha value is -1.12. The molecule has 0 spiro atoms. The number of piperidine rings is 1. The number of amides is 1. The third-order valence-electron chi connectivity index (χ3n) is 3.52. The van der Waals surface area contributed by atoms with Crippen molar-refractivity contribution in [1.29, 1.82) is 0 Å². The number of halogens is 2. The number of carbonyl (C=O) groups excluding carboxylic acids is 1. The molecule has 0 saturated carbocycles. The number of aromatic nitrogens is 1. The van der Waals surface area contributed by atoms with Gasteiger partial charge in [-0.3, -0.25) is 0 Å². The van der Waals surface area contributed by atoms with Gasteiger partial charge in [0.2, 0.25) is 0 Å². The number of ether oxygens (including phenoxy) is 1. The molecule has 122 valence electrons. The van der Waals surface area contributed by atoms with Crippen LogP contribution in [0, 0.1) is 9.52 Å². The highest BCUT2D eigenvalue weighted by atomic mass is 127. The molecule has 7 heteroatoms. The number of hydrogen-bond acceptors (Lipinski definition) is 4. The van der Waals surface area contributed by atoms with Gasteiger partial charge in [0.15, 0.2) is 0 Å². The van der Waals surface area contributed by atoms with Crippen LogP contribution in [0.5, 0.6) is 0 Å². The Labute approximate surface area is 143 Å². The highest BCUT2D eigenvalue weighted by Crippen LogP contribution is 2.31. The number of hydrogen-bond donors (Lipinski definition) is 1. The number of nitrogens with zero attached hydrogens (tertiary/aromatic N) is 2. The van der Waals surface area contributed by atoms with Crippen molar-refractivity contribution in [1.82, 2.24) is 9.88 Å². The molecule has 1 aliphatic heterocycles. The topological polar surface area (TPSA) is 68.5 Å². The molecular weight excluding hydrogens is 400 g/mol. The maximum absolute atomic E-state index is 14.0. The van der Waals surface area contributed by atoms with Gasteiger partial charge in [-0.25, -0.2) is 14.2 Å². The Morgan fingerprint density at radius 1 is 1.45 bits per heavy atom. The lowest BCUT2D eigenvalue weighted by Gasteiger charge is -2.33. The molecule has 1 fully saturated rings. The fourth-order valence-electron chi connectivity index (χ4n) is 2.44. The monoisotopic (exact) mass is 421 g/mol. The average Bonchev–Trinajstić information content (AvgIpc) is 2.41. The van der Waals surface area contributed by atoms with E-state index in [1.54, 1.807) is 4.90 Å². The second-order valence-corrected chi connectivity index (χ2v) is 7.50. The van der Waals surface area contributed by atoms with Gasteiger partial charge in [0.25, 0.3) is 0 Å². The summed E-state index contributed by atoms with van der Waals surface area (Å²) in [7, 11) is 0. The first-order chi connectivity index (χ1) is 10.2. The summed E-state index contributed by atoms with van der Waals surface area (Å²) in [4.78, 5) is 18.0. The molecule has 1 aliphatic rings. The standard InChI is InChI=1S/C15H21FIN3O2/c1-15(2,3)22-14(21)20-6-4-9(5-7-20)12-10(16)8-11(18)13(17)19-12/h8-9H,4-7,18H2,1-3H3. The van der Waals surface area contributed by atoms with Crippen LogP contribution in [-0.2, 0) is 4.74 Å². The summed E-state index contributed by atoms with van der Waals surface area (Å²) in [6.45, 7) is 6.61. The Morgan fingerprint density at radius 2 is 2.05 bits per heavy atom. The molecule has 0 radical (unpaired) electrons.